The second kappa shape index (κ2) is 6.47. The lowest BCUT2D eigenvalue weighted by molar-refractivity contribution is 0.0950. The van der Waals surface area contributed by atoms with Crippen LogP contribution in [-0.2, 0) is 20.0 Å². The molecule has 26 heavy (non-hydrogen) atoms. The van der Waals surface area contributed by atoms with Crippen LogP contribution in [0.15, 0.2) is 18.5 Å². The monoisotopic (exact) mass is 360 g/mol. The molecule has 3 aromatic rings. The molecule has 0 aliphatic heterocycles. The number of carbonyl (C=O) groups is 1. The van der Waals surface area contributed by atoms with Crippen LogP contribution in [0.4, 0.5) is 8.78 Å². The van der Waals surface area contributed by atoms with E-state index in [1.165, 1.54) is 32.3 Å². The van der Waals surface area contributed by atoms with Gasteiger partial charge < -0.3 is 10.3 Å². The number of H-pyrrole nitrogens is 1. The molecule has 0 saturated heterocycles. The number of amides is 1. The van der Waals surface area contributed by atoms with Gasteiger partial charge in [0, 0.05) is 31.8 Å². The van der Waals surface area contributed by atoms with E-state index < -0.39 is 6.43 Å². The topological polar surface area (TPSA) is 88.5 Å². The Hall–Kier alpha value is -2.84. The first-order valence-corrected chi connectivity index (χ1v) is 8.43. The molecule has 1 fully saturated rings. The van der Waals surface area contributed by atoms with E-state index in [0.29, 0.717) is 28.2 Å². The molecule has 4 rings (SSSR count). The number of aryl methyl sites for hydroxylation is 1. The Bertz CT molecular complexity index is 959. The molecule has 0 bridgehead atoms. The highest BCUT2D eigenvalue weighted by Gasteiger charge is 2.24. The molecule has 0 spiro atoms. The number of aromatic amines is 1. The van der Waals surface area contributed by atoms with Crippen molar-refractivity contribution >= 4 is 17.1 Å². The van der Waals surface area contributed by atoms with Gasteiger partial charge in [-0.2, -0.15) is 5.10 Å². The zero-order chi connectivity index (χ0) is 18.3. The minimum atomic E-state index is -2.65. The number of alkyl halides is 2. The van der Waals surface area contributed by atoms with Gasteiger partial charge in [-0.05, 0) is 24.8 Å². The molecule has 1 aliphatic rings. The Morgan fingerprint density at radius 2 is 2.27 bits per heavy atom. The molecule has 0 unspecified atom stereocenters. The van der Waals surface area contributed by atoms with Crippen molar-refractivity contribution in [3.8, 4) is 0 Å². The third-order valence-corrected chi connectivity index (χ3v) is 4.58. The van der Waals surface area contributed by atoms with Crippen molar-refractivity contribution < 1.29 is 13.6 Å². The third-order valence-electron chi connectivity index (χ3n) is 4.58. The van der Waals surface area contributed by atoms with Gasteiger partial charge in [0.15, 0.2) is 5.65 Å². The number of carbonyl (C=O) groups excluding carboxylic acids is 1. The van der Waals surface area contributed by atoms with Crippen LogP contribution >= 0.6 is 0 Å². The van der Waals surface area contributed by atoms with E-state index in [-0.39, 0.29) is 18.1 Å². The number of nitrogens with zero attached hydrogens (tertiary/aromatic N) is 4. The number of rotatable bonds is 6. The van der Waals surface area contributed by atoms with Crippen LogP contribution in [-0.4, -0.2) is 30.6 Å². The molecule has 0 aromatic carbocycles. The van der Waals surface area contributed by atoms with Crippen molar-refractivity contribution in [2.24, 2.45) is 13.0 Å². The average Bonchev–Trinajstić information content (AvgIpc) is 3.18. The number of imidazole rings is 1. The number of hydrogen-bond donors (Lipinski definition) is 2. The molecule has 1 saturated carbocycles. The molecule has 1 aliphatic carbocycles. The predicted octanol–water partition coefficient (Wildman–Crippen LogP) is 2.51. The summed E-state index contributed by atoms with van der Waals surface area (Å²) in [5.74, 6) is 1.11. The minimum absolute atomic E-state index is 0.0285. The van der Waals surface area contributed by atoms with Crippen LogP contribution in [0, 0.1) is 5.92 Å². The molecule has 2 N–H and O–H groups in total. The summed E-state index contributed by atoms with van der Waals surface area (Å²) in [4.78, 5) is 24.4. The summed E-state index contributed by atoms with van der Waals surface area (Å²) in [5.41, 5.74) is 1.55. The standard InChI is InChI=1S/C17H18F2N6O/c1-25-14(15(18)19)10(8-22-25)7-21-17(26)11-4-5-20-16-13(11)23-12(24-16)6-9-2-3-9/h4-5,8-9,15H,2-3,6-7H2,1H3,(H,21,26)(H,20,23,24). The number of fused-ring (bicyclic) bond motifs is 1. The molecule has 1 amide bonds. The molecule has 3 aromatic heterocycles. The molecule has 3 heterocycles. The first kappa shape index (κ1) is 16.6. The SMILES string of the molecule is Cn1ncc(CNC(=O)c2ccnc3nc(CC4CC4)[nH]c23)c1C(F)F. The summed E-state index contributed by atoms with van der Waals surface area (Å²) in [6, 6.07) is 1.59. The van der Waals surface area contributed by atoms with E-state index in [1.54, 1.807) is 6.07 Å². The van der Waals surface area contributed by atoms with Crippen molar-refractivity contribution in [2.75, 3.05) is 0 Å². The Kier molecular flexibility index (Phi) is 4.14. The second-order valence-corrected chi connectivity index (χ2v) is 6.55. The van der Waals surface area contributed by atoms with Crippen molar-refractivity contribution in [1.29, 1.82) is 0 Å². The van der Waals surface area contributed by atoms with Crippen molar-refractivity contribution in [1.82, 2.24) is 30.0 Å². The third kappa shape index (κ3) is 3.16. The van der Waals surface area contributed by atoms with E-state index in [1.807, 2.05) is 0 Å². The Labute approximate surface area is 147 Å². The largest absolute Gasteiger partial charge is 0.348 e. The Morgan fingerprint density at radius 1 is 1.46 bits per heavy atom. The van der Waals surface area contributed by atoms with Crippen LogP contribution in [0.5, 0.6) is 0 Å². The Morgan fingerprint density at radius 3 is 3.00 bits per heavy atom. The predicted molar refractivity (Wildman–Crippen MR) is 89.7 cm³/mol. The van der Waals surface area contributed by atoms with E-state index in [9.17, 15) is 13.6 Å². The summed E-state index contributed by atoms with van der Waals surface area (Å²) in [6.07, 6.45) is 3.47. The molecule has 7 nitrogen and oxygen atoms in total. The fraction of sp³-hybridized carbons (Fsp3) is 0.412. The first-order valence-electron chi connectivity index (χ1n) is 8.43. The summed E-state index contributed by atoms with van der Waals surface area (Å²) in [7, 11) is 1.45. The first-order chi connectivity index (χ1) is 12.5. The van der Waals surface area contributed by atoms with Gasteiger partial charge in [0.2, 0.25) is 0 Å². The van der Waals surface area contributed by atoms with E-state index in [2.05, 4.69) is 25.4 Å². The van der Waals surface area contributed by atoms with E-state index in [0.717, 1.165) is 16.9 Å². The molecule has 0 radical (unpaired) electrons. The summed E-state index contributed by atoms with van der Waals surface area (Å²) >= 11 is 0. The maximum atomic E-state index is 13.1. The summed E-state index contributed by atoms with van der Waals surface area (Å²) in [5, 5.41) is 6.51. The highest BCUT2D eigenvalue weighted by atomic mass is 19.3. The van der Waals surface area contributed by atoms with Gasteiger partial charge in [-0.1, -0.05) is 0 Å². The van der Waals surface area contributed by atoms with Crippen LogP contribution in [0.1, 0.15) is 46.7 Å². The average molecular weight is 360 g/mol. The lowest BCUT2D eigenvalue weighted by Crippen LogP contribution is -2.23. The maximum absolute atomic E-state index is 13.1. The molecule has 0 atom stereocenters. The van der Waals surface area contributed by atoms with Crippen LogP contribution in [0.2, 0.25) is 0 Å². The molecular weight excluding hydrogens is 342 g/mol. The smallest absolute Gasteiger partial charge is 0.280 e. The molecule has 136 valence electrons. The van der Waals surface area contributed by atoms with E-state index in [4.69, 9.17) is 0 Å². The number of nitrogens with one attached hydrogen (secondary N) is 2. The van der Waals surface area contributed by atoms with Gasteiger partial charge >= 0.3 is 0 Å². The lowest BCUT2D eigenvalue weighted by Gasteiger charge is -2.07. The summed E-state index contributed by atoms with van der Waals surface area (Å²) < 4.78 is 27.3. The number of hydrogen-bond acceptors (Lipinski definition) is 4. The van der Waals surface area contributed by atoms with Gasteiger partial charge in [0.05, 0.1) is 17.3 Å². The zero-order valence-corrected chi connectivity index (χ0v) is 14.2. The van der Waals surface area contributed by atoms with Crippen LogP contribution in [0.3, 0.4) is 0 Å². The van der Waals surface area contributed by atoms with Crippen molar-refractivity contribution in [3.63, 3.8) is 0 Å². The normalized spacial score (nSPS) is 14.3. The van der Waals surface area contributed by atoms with Gasteiger partial charge in [0.1, 0.15) is 11.5 Å². The van der Waals surface area contributed by atoms with E-state index >= 15 is 0 Å². The van der Waals surface area contributed by atoms with Crippen molar-refractivity contribution in [3.05, 3.63) is 41.1 Å². The van der Waals surface area contributed by atoms with Crippen LogP contribution in [0.25, 0.3) is 11.2 Å². The van der Waals surface area contributed by atoms with Gasteiger partial charge in [-0.3, -0.25) is 9.48 Å². The number of halogens is 2. The second-order valence-electron chi connectivity index (χ2n) is 6.55. The quantitative estimate of drug-likeness (QED) is 0.707. The Balaban J connectivity index is 1.53. The molecule has 9 heteroatoms. The molecular formula is C17H18F2N6O. The van der Waals surface area contributed by atoms with Gasteiger partial charge in [0.25, 0.3) is 12.3 Å². The highest BCUT2D eigenvalue weighted by Crippen LogP contribution is 2.32. The minimum Gasteiger partial charge on any atom is -0.348 e. The highest BCUT2D eigenvalue weighted by molar-refractivity contribution is 6.03. The fourth-order valence-corrected chi connectivity index (χ4v) is 3.02. The maximum Gasteiger partial charge on any atom is 0.280 e. The number of pyridine rings is 1. The van der Waals surface area contributed by atoms with Gasteiger partial charge in [-0.25, -0.2) is 18.7 Å². The fourth-order valence-electron chi connectivity index (χ4n) is 3.02. The van der Waals surface area contributed by atoms with Gasteiger partial charge in [-0.15, -0.1) is 0 Å². The van der Waals surface area contributed by atoms with Crippen molar-refractivity contribution in [2.45, 2.75) is 32.2 Å². The van der Waals surface area contributed by atoms with Crippen LogP contribution < -0.4 is 5.32 Å². The summed E-state index contributed by atoms with van der Waals surface area (Å²) in [6.45, 7) is -0.0285. The number of aromatic nitrogens is 5. The zero-order valence-electron chi connectivity index (χ0n) is 14.2. The lowest BCUT2D eigenvalue weighted by atomic mass is 10.2.